The molecule has 1 aliphatic heterocycles. The standard InChI is InChI=1S/C13H17ClF3N.C12H14ClF3N2.C11H12ClF3/c1-9-7-10(5-3-4-6-18-2)12(14)11(8-9)13(15,16)17;1-7-2-8(4-18-5-9(17)6-18)11(13)10(3-7)12(14,15)16;1-3-4-8-5-7(2)6-9(10(8)12)11(13,14)15/h7-8,18H,3-6H2,1-2H3;2-3,9H,4-6,17H2,1H3;5-6H,3-4H2,1-2H3. The lowest BCUT2D eigenvalue weighted by molar-refractivity contribution is -0.138. The van der Waals surface area contributed by atoms with Gasteiger partial charge in [0.1, 0.15) is 0 Å². The maximum atomic E-state index is 12.8. The van der Waals surface area contributed by atoms with Crippen LogP contribution in [0.2, 0.25) is 15.1 Å². The van der Waals surface area contributed by atoms with Crippen molar-refractivity contribution in [1.82, 2.24) is 10.2 Å². The van der Waals surface area contributed by atoms with Crippen LogP contribution in [0.4, 0.5) is 39.5 Å². The number of hydrogen-bond acceptors (Lipinski definition) is 3. The predicted octanol–water partition coefficient (Wildman–Crippen LogP) is 11.6. The summed E-state index contributed by atoms with van der Waals surface area (Å²) in [4.78, 5) is 1.98. The van der Waals surface area contributed by atoms with Crippen molar-refractivity contribution in [2.75, 3.05) is 26.7 Å². The molecule has 1 saturated heterocycles. The summed E-state index contributed by atoms with van der Waals surface area (Å²) in [6.45, 7) is 9.51. The lowest BCUT2D eigenvalue weighted by atomic mass is 10.0. The van der Waals surface area contributed by atoms with Crippen molar-refractivity contribution in [3.8, 4) is 0 Å². The molecule has 3 N–H and O–H groups in total. The Balaban J connectivity index is 0.000000267. The van der Waals surface area contributed by atoms with Crippen LogP contribution < -0.4 is 11.1 Å². The maximum Gasteiger partial charge on any atom is 0.417 e. The Bertz CT molecular complexity index is 1580. The van der Waals surface area contributed by atoms with Gasteiger partial charge < -0.3 is 11.1 Å². The fourth-order valence-electron chi connectivity index (χ4n) is 5.50. The highest BCUT2D eigenvalue weighted by Gasteiger charge is 2.36. The van der Waals surface area contributed by atoms with Gasteiger partial charge >= 0.3 is 18.5 Å². The number of benzene rings is 3. The lowest BCUT2D eigenvalue weighted by Gasteiger charge is -2.37. The van der Waals surface area contributed by atoms with Gasteiger partial charge in [0.15, 0.2) is 0 Å². The van der Waals surface area contributed by atoms with Crippen LogP contribution in [0.1, 0.15) is 76.3 Å². The molecule has 0 radical (unpaired) electrons. The van der Waals surface area contributed by atoms with Crippen molar-refractivity contribution in [3.63, 3.8) is 0 Å². The van der Waals surface area contributed by atoms with Crippen molar-refractivity contribution >= 4 is 34.8 Å². The van der Waals surface area contributed by atoms with E-state index in [1.165, 1.54) is 0 Å². The van der Waals surface area contributed by atoms with Gasteiger partial charge in [-0.05, 0) is 94.9 Å². The molecule has 51 heavy (non-hydrogen) atoms. The van der Waals surface area contributed by atoms with Gasteiger partial charge in [0.25, 0.3) is 0 Å². The van der Waals surface area contributed by atoms with Crippen LogP contribution in [0.3, 0.4) is 0 Å². The maximum absolute atomic E-state index is 12.8. The van der Waals surface area contributed by atoms with E-state index in [9.17, 15) is 39.5 Å². The van der Waals surface area contributed by atoms with Crippen molar-refractivity contribution in [2.24, 2.45) is 5.73 Å². The van der Waals surface area contributed by atoms with Gasteiger partial charge in [-0.3, -0.25) is 4.90 Å². The molecule has 1 fully saturated rings. The van der Waals surface area contributed by atoms with Gasteiger partial charge in [0, 0.05) is 25.7 Å². The number of alkyl halides is 9. The quantitative estimate of drug-likeness (QED) is 0.167. The molecule has 286 valence electrons. The predicted molar refractivity (Wildman–Crippen MR) is 188 cm³/mol. The van der Waals surface area contributed by atoms with Crippen LogP contribution >= 0.6 is 34.8 Å². The van der Waals surface area contributed by atoms with Gasteiger partial charge in [0.2, 0.25) is 0 Å². The molecule has 3 aromatic carbocycles. The third-order valence-electron chi connectivity index (χ3n) is 7.81. The number of hydrogen-bond donors (Lipinski definition) is 2. The number of rotatable bonds is 9. The molecule has 0 bridgehead atoms. The minimum absolute atomic E-state index is 0.121. The normalized spacial score (nSPS) is 14.0. The van der Waals surface area contributed by atoms with E-state index in [0.717, 1.165) is 44.0 Å². The molecule has 0 aliphatic carbocycles. The highest BCUT2D eigenvalue weighted by Crippen LogP contribution is 2.40. The first-order valence-electron chi connectivity index (χ1n) is 16.2. The molecule has 4 rings (SSSR count). The van der Waals surface area contributed by atoms with Gasteiger partial charge in [-0.25, -0.2) is 0 Å². The van der Waals surface area contributed by atoms with E-state index in [4.69, 9.17) is 40.5 Å². The van der Waals surface area contributed by atoms with E-state index in [2.05, 4.69) is 5.32 Å². The highest BCUT2D eigenvalue weighted by molar-refractivity contribution is 6.33. The summed E-state index contributed by atoms with van der Waals surface area (Å²) in [5.74, 6) is 0. The molecule has 0 amide bonds. The van der Waals surface area contributed by atoms with Crippen molar-refractivity contribution in [1.29, 1.82) is 0 Å². The Labute approximate surface area is 308 Å². The van der Waals surface area contributed by atoms with E-state index >= 15 is 0 Å². The number of likely N-dealkylation sites (tertiary alicyclic amines) is 1. The largest absolute Gasteiger partial charge is 0.417 e. The SMILES string of the molecule is CCCc1cc(C)cc(C(F)(F)F)c1Cl.CNCCCCc1cc(C)cc(C(F)(F)F)c1Cl.Cc1cc(CN2CC(N)C2)c(Cl)c(C(F)(F)F)c1. The van der Waals surface area contributed by atoms with Crippen LogP contribution in [0.15, 0.2) is 36.4 Å². The highest BCUT2D eigenvalue weighted by atomic mass is 35.5. The second kappa shape index (κ2) is 19.2. The van der Waals surface area contributed by atoms with Crippen molar-refractivity contribution in [2.45, 2.75) is 90.9 Å². The summed E-state index contributed by atoms with van der Waals surface area (Å²) in [7, 11) is 1.85. The number of halogens is 12. The second-order valence-corrected chi connectivity index (χ2v) is 13.7. The zero-order chi connectivity index (χ0) is 38.9. The zero-order valence-corrected chi connectivity index (χ0v) is 31.2. The molecule has 0 aromatic heterocycles. The van der Waals surface area contributed by atoms with E-state index < -0.39 is 35.2 Å². The summed E-state index contributed by atoms with van der Waals surface area (Å²) >= 11 is 17.4. The fourth-order valence-corrected chi connectivity index (χ4v) is 6.39. The molecular weight excluding hydrogens is 752 g/mol. The molecule has 0 atom stereocenters. The topological polar surface area (TPSA) is 41.3 Å². The fraction of sp³-hybridized carbons (Fsp3) is 0.500. The van der Waals surface area contributed by atoms with Gasteiger partial charge in [0.05, 0.1) is 31.8 Å². The summed E-state index contributed by atoms with van der Waals surface area (Å²) in [6, 6.07) is 8.52. The number of nitrogens with zero attached hydrogens (tertiary/aromatic N) is 1. The first kappa shape index (κ1) is 44.9. The Morgan fingerprint density at radius 2 is 1.02 bits per heavy atom. The van der Waals surface area contributed by atoms with Crippen LogP contribution in [-0.2, 0) is 37.9 Å². The van der Waals surface area contributed by atoms with E-state index in [1.54, 1.807) is 39.0 Å². The lowest BCUT2D eigenvalue weighted by Crippen LogP contribution is -2.54. The minimum Gasteiger partial charge on any atom is -0.325 e. The van der Waals surface area contributed by atoms with Crippen molar-refractivity contribution < 1.29 is 39.5 Å². The Hall–Kier alpha value is -2.22. The van der Waals surface area contributed by atoms with Crippen LogP contribution in [-0.4, -0.2) is 37.6 Å². The number of aryl methyl sites for hydroxylation is 5. The molecule has 0 spiro atoms. The Morgan fingerprint density at radius 1 is 0.647 bits per heavy atom. The zero-order valence-electron chi connectivity index (χ0n) is 29.0. The molecule has 0 unspecified atom stereocenters. The third kappa shape index (κ3) is 13.9. The van der Waals surface area contributed by atoms with Crippen LogP contribution in [0.25, 0.3) is 0 Å². The summed E-state index contributed by atoms with van der Waals surface area (Å²) in [5, 5.41) is 2.49. The van der Waals surface area contributed by atoms with E-state index in [1.807, 2.05) is 18.9 Å². The molecule has 1 aliphatic rings. The average Bonchev–Trinajstić information content (AvgIpc) is 2.98. The monoisotopic (exact) mass is 793 g/mol. The third-order valence-corrected chi connectivity index (χ3v) is 9.15. The number of nitrogens with one attached hydrogen (secondary N) is 1. The van der Waals surface area contributed by atoms with E-state index in [0.29, 0.717) is 65.9 Å². The molecule has 1 heterocycles. The molecular formula is C36H43Cl3F9N3. The van der Waals surface area contributed by atoms with Crippen LogP contribution in [0, 0.1) is 20.8 Å². The summed E-state index contributed by atoms with van der Waals surface area (Å²) < 4.78 is 114. The van der Waals surface area contributed by atoms with E-state index in [-0.39, 0.29) is 21.1 Å². The van der Waals surface area contributed by atoms with Gasteiger partial charge in [-0.15, -0.1) is 0 Å². The molecule has 3 aromatic rings. The number of nitrogens with two attached hydrogens (primary N) is 1. The Morgan fingerprint density at radius 3 is 1.37 bits per heavy atom. The number of unbranched alkanes of at least 4 members (excludes halogenated alkanes) is 1. The first-order chi connectivity index (χ1) is 23.5. The smallest absolute Gasteiger partial charge is 0.325 e. The van der Waals surface area contributed by atoms with Gasteiger partial charge in [-0.2, -0.15) is 39.5 Å². The van der Waals surface area contributed by atoms with Crippen molar-refractivity contribution in [3.05, 3.63) is 102 Å². The second-order valence-electron chi connectivity index (χ2n) is 12.6. The summed E-state index contributed by atoms with van der Waals surface area (Å²) in [5.41, 5.74) is 6.83. The molecule has 3 nitrogen and oxygen atoms in total. The van der Waals surface area contributed by atoms with Gasteiger partial charge in [-0.1, -0.05) is 83.0 Å². The first-order valence-corrected chi connectivity index (χ1v) is 17.3. The molecule has 0 saturated carbocycles. The average molecular weight is 795 g/mol. The molecule has 15 heteroatoms. The Kier molecular flexibility index (Phi) is 16.9. The minimum atomic E-state index is -4.41. The summed E-state index contributed by atoms with van der Waals surface area (Å²) in [6.07, 6.45) is -9.50. The van der Waals surface area contributed by atoms with Crippen LogP contribution in [0.5, 0.6) is 0 Å².